The standard InChI is InChI=1S/C17H19N5S.HI/c18-17(19-9-8-14-7-4-10-23-14)21-12-16-20-11-15(22-16)13-5-2-1-3-6-13;/h1-7,10-11H,8-9,12H2,(H,20,22)(H3,18,19,21);1H. The van der Waals surface area contributed by atoms with Crippen LogP contribution in [0.5, 0.6) is 0 Å². The second kappa shape index (κ2) is 9.43. The summed E-state index contributed by atoms with van der Waals surface area (Å²) in [6, 6.07) is 14.3. The van der Waals surface area contributed by atoms with Crippen molar-refractivity contribution in [2.45, 2.75) is 13.0 Å². The fraction of sp³-hybridized carbons (Fsp3) is 0.176. The van der Waals surface area contributed by atoms with Gasteiger partial charge in [0.1, 0.15) is 12.4 Å². The van der Waals surface area contributed by atoms with E-state index in [4.69, 9.17) is 5.73 Å². The summed E-state index contributed by atoms with van der Waals surface area (Å²) in [5.41, 5.74) is 7.97. The van der Waals surface area contributed by atoms with Crippen molar-refractivity contribution < 1.29 is 0 Å². The summed E-state index contributed by atoms with van der Waals surface area (Å²) in [6.45, 7) is 1.22. The number of thiophene rings is 1. The summed E-state index contributed by atoms with van der Waals surface area (Å²) in [5, 5.41) is 5.20. The largest absolute Gasteiger partial charge is 0.370 e. The molecule has 0 radical (unpaired) electrons. The maximum absolute atomic E-state index is 5.88. The highest BCUT2D eigenvalue weighted by Crippen LogP contribution is 2.16. The summed E-state index contributed by atoms with van der Waals surface area (Å²) in [6.07, 6.45) is 2.77. The van der Waals surface area contributed by atoms with Gasteiger partial charge >= 0.3 is 0 Å². The van der Waals surface area contributed by atoms with Gasteiger partial charge < -0.3 is 16.0 Å². The van der Waals surface area contributed by atoms with Crippen molar-refractivity contribution in [1.29, 1.82) is 0 Å². The Morgan fingerprint density at radius 2 is 2.04 bits per heavy atom. The third-order valence-corrected chi connectivity index (χ3v) is 4.31. The van der Waals surface area contributed by atoms with Gasteiger partial charge in [-0.3, -0.25) is 0 Å². The van der Waals surface area contributed by atoms with Crippen LogP contribution >= 0.6 is 35.3 Å². The van der Waals surface area contributed by atoms with Gasteiger partial charge in [0.25, 0.3) is 0 Å². The molecule has 2 aromatic heterocycles. The minimum absolute atomic E-state index is 0. The maximum atomic E-state index is 5.88. The lowest BCUT2D eigenvalue weighted by Crippen LogP contribution is -2.33. The number of hydrogen-bond acceptors (Lipinski definition) is 3. The second-order valence-electron chi connectivity index (χ2n) is 5.07. The number of H-pyrrole nitrogens is 1. The number of aromatic nitrogens is 2. The van der Waals surface area contributed by atoms with E-state index in [0.717, 1.165) is 30.0 Å². The molecule has 0 saturated heterocycles. The molecule has 0 aliphatic heterocycles. The molecule has 0 fully saturated rings. The zero-order valence-corrected chi connectivity index (χ0v) is 16.3. The molecule has 7 heteroatoms. The first-order valence-electron chi connectivity index (χ1n) is 7.47. The average molecular weight is 453 g/mol. The number of rotatable bonds is 6. The zero-order chi connectivity index (χ0) is 15.9. The zero-order valence-electron chi connectivity index (χ0n) is 13.1. The molecule has 0 spiro atoms. The summed E-state index contributed by atoms with van der Waals surface area (Å²) in [4.78, 5) is 13.3. The minimum atomic E-state index is 0. The van der Waals surface area contributed by atoms with Crippen molar-refractivity contribution in [3.05, 3.63) is 64.7 Å². The van der Waals surface area contributed by atoms with E-state index in [1.807, 2.05) is 36.5 Å². The van der Waals surface area contributed by atoms with Crippen molar-refractivity contribution in [3.63, 3.8) is 0 Å². The number of guanidine groups is 1. The molecule has 24 heavy (non-hydrogen) atoms. The van der Waals surface area contributed by atoms with Crippen molar-refractivity contribution in [2.75, 3.05) is 6.54 Å². The first-order chi connectivity index (χ1) is 11.3. The number of nitrogens with two attached hydrogens (primary N) is 1. The van der Waals surface area contributed by atoms with Crippen molar-refractivity contribution >= 4 is 41.3 Å². The van der Waals surface area contributed by atoms with E-state index in [0.29, 0.717) is 12.5 Å². The van der Waals surface area contributed by atoms with Gasteiger partial charge in [0, 0.05) is 11.4 Å². The van der Waals surface area contributed by atoms with E-state index in [1.54, 1.807) is 11.3 Å². The summed E-state index contributed by atoms with van der Waals surface area (Å²) in [5.74, 6) is 1.24. The van der Waals surface area contributed by atoms with Gasteiger partial charge in [-0.2, -0.15) is 0 Å². The van der Waals surface area contributed by atoms with E-state index in [2.05, 4.69) is 37.8 Å². The summed E-state index contributed by atoms with van der Waals surface area (Å²) < 4.78 is 0. The minimum Gasteiger partial charge on any atom is -0.370 e. The van der Waals surface area contributed by atoms with Gasteiger partial charge in [0.15, 0.2) is 5.96 Å². The SMILES string of the molecule is I.NC(=NCc1ncc(-c2ccccc2)[nH]1)NCCc1cccs1. The fourth-order valence-corrected chi connectivity index (χ4v) is 2.90. The monoisotopic (exact) mass is 453 g/mol. The quantitative estimate of drug-likeness (QED) is 0.304. The third kappa shape index (κ3) is 5.34. The van der Waals surface area contributed by atoms with Crippen LogP contribution in [-0.4, -0.2) is 22.5 Å². The topological polar surface area (TPSA) is 79.1 Å². The molecular weight excluding hydrogens is 433 g/mol. The molecule has 0 saturated carbocycles. The Hall–Kier alpha value is -1.87. The number of benzene rings is 1. The Bertz CT molecular complexity index is 752. The number of aliphatic imine (C=N–C) groups is 1. The normalized spacial score (nSPS) is 11.1. The average Bonchev–Trinajstić information content (AvgIpc) is 3.25. The highest BCUT2D eigenvalue weighted by Gasteiger charge is 2.02. The number of halogens is 1. The molecule has 126 valence electrons. The Morgan fingerprint density at radius 3 is 2.79 bits per heavy atom. The molecule has 0 bridgehead atoms. The highest BCUT2D eigenvalue weighted by molar-refractivity contribution is 14.0. The molecule has 0 aliphatic rings. The maximum Gasteiger partial charge on any atom is 0.189 e. The van der Waals surface area contributed by atoms with E-state index in [9.17, 15) is 0 Å². The molecule has 0 unspecified atom stereocenters. The lowest BCUT2D eigenvalue weighted by Gasteiger charge is -2.03. The Morgan fingerprint density at radius 1 is 1.21 bits per heavy atom. The van der Waals surface area contributed by atoms with E-state index < -0.39 is 0 Å². The van der Waals surface area contributed by atoms with Crippen molar-refractivity contribution in [1.82, 2.24) is 15.3 Å². The Kier molecular flexibility index (Phi) is 7.26. The van der Waals surface area contributed by atoms with E-state index >= 15 is 0 Å². The summed E-state index contributed by atoms with van der Waals surface area (Å²) >= 11 is 1.75. The number of nitrogens with zero attached hydrogens (tertiary/aromatic N) is 2. The van der Waals surface area contributed by atoms with Crippen LogP contribution in [0.3, 0.4) is 0 Å². The van der Waals surface area contributed by atoms with Gasteiger partial charge in [0.2, 0.25) is 0 Å². The Labute approximate surface area is 162 Å². The number of hydrogen-bond donors (Lipinski definition) is 3. The highest BCUT2D eigenvalue weighted by atomic mass is 127. The molecule has 2 heterocycles. The molecule has 1 aromatic carbocycles. The van der Waals surface area contributed by atoms with Gasteiger partial charge in [-0.15, -0.1) is 35.3 Å². The van der Waals surface area contributed by atoms with Crippen LogP contribution in [-0.2, 0) is 13.0 Å². The van der Waals surface area contributed by atoms with Crippen LogP contribution in [0.15, 0.2) is 59.0 Å². The van der Waals surface area contributed by atoms with Crippen LogP contribution < -0.4 is 11.1 Å². The van der Waals surface area contributed by atoms with Crippen molar-refractivity contribution in [3.8, 4) is 11.3 Å². The molecule has 4 N–H and O–H groups in total. The summed E-state index contributed by atoms with van der Waals surface area (Å²) in [7, 11) is 0. The first-order valence-corrected chi connectivity index (χ1v) is 8.35. The van der Waals surface area contributed by atoms with Crippen LogP contribution in [0.25, 0.3) is 11.3 Å². The molecule has 0 aliphatic carbocycles. The van der Waals surface area contributed by atoms with Crippen molar-refractivity contribution in [2.24, 2.45) is 10.7 Å². The predicted octanol–water partition coefficient (Wildman–Crippen LogP) is 3.40. The third-order valence-electron chi connectivity index (χ3n) is 3.37. The van der Waals surface area contributed by atoms with Gasteiger partial charge in [-0.25, -0.2) is 9.98 Å². The van der Waals surface area contributed by atoms with Crippen LogP contribution in [0.2, 0.25) is 0 Å². The lowest BCUT2D eigenvalue weighted by molar-refractivity contribution is 0.848. The molecule has 0 amide bonds. The molecule has 3 aromatic rings. The van der Waals surface area contributed by atoms with Crippen LogP contribution in [0.4, 0.5) is 0 Å². The first kappa shape index (κ1) is 18.5. The molecule has 3 rings (SSSR count). The van der Waals surface area contributed by atoms with Gasteiger partial charge in [-0.05, 0) is 23.4 Å². The second-order valence-corrected chi connectivity index (χ2v) is 6.10. The van der Waals surface area contributed by atoms with Gasteiger partial charge in [-0.1, -0.05) is 36.4 Å². The number of imidazole rings is 1. The molecular formula is C17H20IN5S. The lowest BCUT2D eigenvalue weighted by atomic mass is 10.2. The smallest absolute Gasteiger partial charge is 0.189 e. The Balaban J connectivity index is 0.00000208. The van der Waals surface area contributed by atoms with Gasteiger partial charge in [0.05, 0.1) is 11.9 Å². The van der Waals surface area contributed by atoms with E-state index in [-0.39, 0.29) is 24.0 Å². The molecule has 0 atom stereocenters. The fourth-order valence-electron chi connectivity index (χ4n) is 2.19. The van der Waals surface area contributed by atoms with E-state index in [1.165, 1.54) is 4.88 Å². The molecule has 5 nitrogen and oxygen atoms in total. The number of aromatic amines is 1. The number of nitrogens with one attached hydrogen (secondary N) is 2. The van der Waals surface area contributed by atoms with Crippen LogP contribution in [0.1, 0.15) is 10.7 Å². The van der Waals surface area contributed by atoms with Crippen LogP contribution in [0, 0.1) is 0 Å². The predicted molar refractivity (Wildman–Crippen MR) is 111 cm³/mol.